The van der Waals surface area contributed by atoms with Gasteiger partial charge in [-0.15, -0.1) is 0 Å². The predicted molar refractivity (Wildman–Crippen MR) is 129 cm³/mol. The van der Waals surface area contributed by atoms with Crippen LogP contribution in [0.4, 0.5) is 5.69 Å². The number of hydrogen-bond donors (Lipinski definition) is 2. The van der Waals surface area contributed by atoms with Crippen molar-refractivity contribution >= 4 is 17.6 Å². The maximum Gasteiger partial charge on any atom is 0.341 e. The van der Waals surface area contributed by atoms with Crippen LogP contribution in [0.2, 0.25) is 0 Å². The van der Waals surface area contributed by atoms with Crippen LogP contribution in [0.1, 0.15) is 53.5 Å². The number of carbonyl (C=O) groups excluding carboxylic acids is 1. The molecule has 0 fully saturated rings. The van der Waals surface area contributed by atoms with E-state index in [0.717, 1.165) is 41.5 Å². The Kier molecular flexibility index (Phi) is 7.40. The van der Waals surface area contributed by atoms with Crippen molar-refractivity contribution in [3.05, 3.63) is 105 Å². The number of nitro benzene ring substituents is 1. The van der Waals surface area contributed by atoms with Gasteiger partial charge in [-0.3, -0.25) is 14.9 Å². The molecule has 0 saturated heterocycles. The maximum absolute atomic E-state index is 13.2. The molecule has 3 aromatic rings. The highest BCUT2D eigenvalue weighted by atomic mass is 16.6. The molecule has 180 valence electrons. The molecule has 0 radical (unpaired) electrons. The molecule has 35 heavy (non-hydrogen) atoms. The van der Waals surface area contributed by atoms with E-state index >= 15 is 0 Å². The summed E-state index contributed by atoms with van der Waals surface area (Å²) in [5, 5.41) is 23.1. The van der Waals surface area contributed by atoms with E-state index in [4.69, 9.17) is 9.84 Å². The quantitative estimate of drug-likeness (QED) is 0.340. The van der Waals surface area contributed by atoms with Gasteiger partial charge < -0.3 is 15.2 Å². The lowest BCUT2D eigenvalue weighted by Crippen LogP contribution is -2.31. The monoisotopic (exact) mass is 474 g/mol. The summed E-state index contributed by atoms with van der Waals surface area (Å²) in [6.07, 6.45) is 2.77. The highest BCUT2D eigenvalue weighted by molar-refractivity contribution is 5.78. The number of nitro groups is 1. The van der Waals surface area contributed by atoms with E-state index in [2.05, 4.69) is 5.32 Å². The van der Waals surface area contributed by atoms with Gasteiger partial charge in [-0.25, -0.2) is 4.79 Å². The van der Waals surface area contributed by atoms with Crippen molar-refractivity contribution in [2.45, 2.75) is 37.6 Å². The summed E-state index contributed by atoms with van der Waals surface area (Å²) in [5.41, 5.74) is 3.60. The van der Waals surface area contributed by atoms with E-state index in [1.807, 2.05) is 42.5 Å². The van der Waals surface area contributed by atoms with Gasteiger partial charge in [-0.1, -0.05) is 42.5 Å². The van der Waals surface area contributed by atoms with Gasteiger partial charge in [0.25, 0.3) is 5.69 Å². The molecule has 0 aliphatic heterocycles. The molecule has 1 aliphatic carbocycles. The Morgan fingerprint density at radius 2 is 1.74 bits per heavy atom. The first-order chi connectivity index (χ1) is 16.9. The fraction of sp³-hybridized carbons (Fsp3) is 0.259. The first kappa shape index (κ1) is 23.9. The molecule has 1 aliphatic rings. The van der Waals surface area contributed by atoms with E-state index in [1.54, 1.807) is 18.2 Å². The fourth-order valence-corrected chi connectivity index (χ4v) is 4.64. The zero-order valence-corrected chi connectivity index (χ0v) is 19.1. The van der Waals surface area contributed by atoms with Gasteiger partial charge in [0.15, 0.2) is 6.61 Å². The Bertz CT molecular complexity index is 1210. The number of hydrogen-bond acceptors (Lipinski definition) is 5. The predicted octanol–water partition coefficient (Wildman–Crippen LogP) is 4.77. The van der Waals surface area contributed by atoms with Gasteiger partial charge in [0.05, 0.1) is 11.0 Å². The molecule has 0 saturated carbocycles. The lowest BCUT2D eigenvalue weighted by molar-refractivity contribution is -0.384. The Balaban J connectivity index is 1.53. The number of ether oxygens (including phenoxy) is 1. The fourth-order valence-electron chi connectivity index (χ4n) is 4.64. The molecule has 2 N–H and O–H groups in total. The van der Waals surface area contributed by atoms with Crippen LogP contribution < -0.4 is 10.1 Å². The number of carbonyl (C=O) groups is 2. The first-order valence-electron chi connectivity index (χ1n) is 11.5. The molecule has 1 amide bonds. The van der Waals surface area contributed by atoms with Crippen molar-refractivity contribution in [1.29, 1.82) is 0 Å². The van der Waals surface area contributed by atoms with E-state index in [9.17, 15) is 19.7 Å². The normalized spacial score (nSPS) is 15.5. The number of fused-ring (bicyclic) bond motifs is 1. The number of amides is 1. The second-order valence-corrected chi connectivity index (χ2v) is 8.56. The molecule has 0 bridgehead atoms. The number of aliphatic carboxylic acids is 1. The molecule has 8 nitrogen and oxygen atoms in total. The number of carboxylic acid groups (broad SMARTS) is 1. The molecule has 4 rings (SSSR count). The Labute approximate surface area is 202 Å². The van der Waals surface area contributed by atoms with Gasteiger partial charge in [-0.05, 0) is 65.6 Å². The lowest BCUT2D eigenvalue weighted by atomic mass is 9.80. The van der Waals surface area contributed by atoms with Gasteiger partial charge in [0.1, 0.15) is 5.75 Å². The molecule has 8 heteroatoms. The van der Waals surface area contributed by atoms with Crippen LogP contribution in [0, 0.1) is 10.1 Å². The maximum atomic E-state index is 13.2. The summed E-state index contributed by atoms with van der Waals surface area (Å²) in [4.78, 5) is 34.8. The molecule has 3 aromatic carbocycles. The number of nitrogens with zero attached hydrogens (tertiary/aromatic N) is 1. The van der Waals surface area contributed by atoms with Crippen molar-refractivity contribution in [2.24, 2.45) is 0 Å². The Morgan fingerprint density at radius 3 is 2.43 bits per heavy atom. The summed E-state index contributed by atoms with van der Waals surface area (Å²) in [5.74, 6) is -0.622. The van der Waals surface area contributed by atoms with Gasteiger partial charge in [0, 0.05) is 18.6 Å². The van der Waals surface area contributed by atoms with E-state index in [0.29, 0.717) is 5.75 Å². The van der Waals surface area contributed by atoms with Crippen molar-refractivity contribution in [2.75, 3.05) is 6.61 Å². The third-order valence-corrected chi connectivity index (χ3v) is 6.25. The lowest BCUT2D eigenvalue weighted by Gasteiger charge is -2.28. The van der Waals surface area contributed by atoms with Gasteiger partial charge in [0.2, 0.25) is 5.91 Å². The van der Waals surface area contributed by atoms with Crippen molar-refractivity contribution in [3.63, 3.8) is 0 Å². The van der Waals surface area contributed by atoms with Crippen LogP contribution in [-0.2, 0) is 16.0 Å². The number of nitrogens with one attached hydrogen (secondary N) is 1. The molecule has 0 spiro atoms. The van der Waals surface area contributed by atoms with Gasteiger partial charge in [-0.2, -0.15) is 0 Å². The second kappa shape index (κ2) is 10.8. The number of rotatable bonds is 9. The molecule has 0 aromatic heterocycles. The average Bonchev–Trinajstić information content (AvgIpc) is 2.87. The van der Waals surface area contributed by atoms with Crippen LogP contribution in [0.15, 0.2) is 72.8 Å². The van der Waals surface area contributed by atoms with Crippen molar-refractivity contribution in [3.8, 4) is 5.75 Å². The largest absolute Gasteiger partial charge is 0.482 e. The van der Waals surface area contributed by atoms with Crippen LogP contribution in [-0.4, -0.2) is 28.5 Å². The first-order valence-corrected chi connectivity index (χ1v) is 11.5. The Hall–Kier alpha value is -4.20. The minimum atomic E-state index is -1.03. The van der Waals surface area contributed by atoms with Crippen LogP contribution in [0.25, 0.3) is 0 Å². The summed E-state index contributed by atoms with van der Waals surface area (Å²) in [7, 11) is 0. The zero-order chi connectivity index (χ0) is 24.8. The van der Waals surface area contributed by atoms with E-state index in [-0.39, 0.29) is 23.9 Å². The van der Waals surface area contributed by atoms with Crippen molar-refractivity contribution in [1.82, 2.24) is 5.32 Å². The van der Waals surface area contributed by atoms with Crippen molar-refractivity contribution < 1.29 is 24.4 Å². The molecular weight excluding hydrogens is 448 g/mol. The van der Waals surface area contributed by atoms with Gasteiger partial charge >= 0.3 is 5.97 Å². The number of carboxylic acids is 1. The minimum absolute atomic E-state index is 0.00776. The molecule has 0 heterocycles. The highest BCUT2D eigenvalue weighted by Gasteiger charge is 2.27. The van der Waals surface area contributed by atoms with Crippen LogP contribution in [0.3, 0.4) is 0 Å². The third kappa shape index (κ3) is 5.84. The summed E-state index contributed by atoms with van der Waals surface area (Å²) in [6.45, 7) is -0.407. The minimum Gasteiger partial charge on any atom is -0.482 e. The smallest absolute Gasteiger partial charge is 0.341 e. The second-order valence-electron chi connectivity index (χ2n) is 8.56. The third-order valence-electron chi connectivity index (χ3n) is 6.25. The highest BCUT2D eigenvalue weighted by Crippen LogP contribution is 2.38. The topological polar surface area (TPSA) is 119 Å². The van der Waals surface area contributed by atoms with E-state index in [1.165, 1.54) is 12.1 Å². The SMILES string of the molecule is O=C(O)COc1cccc2c1CCCC2CC(=O)NC(c1ccccc1)c1ccc([N+](=O)[O-])cc1. The van der Waals surface area contributed by atoms with Crippen LogP contribution >= 0.6 is 0 Å². The molecule has 2 unspecified atom stereocenters. The standard InChI is InChI=1S/C27H26N2O6/c30-25(16-20-8-4-10-23-22(20)9-5-11-24(23)35-17-26(31)32)28-27(18-6-2-1-3-7-18)19-12-14-21(15-13-19)29(33)34/h1-3,5-7,9,11-15,20,27H,4,8,10,16-17H2,(H,28,30)(H,31,32). The molecule has 2 atom stereocenters. The summed E-state index contributed by atoms with van der Waals surface area (Å²) < 4.78 is 5.48. The Morgan fingerprint density at radius 1 is 1.03 bits per heavy atom. The molecular formula is C27H26N2O6. The number of non-ortho nitro benzene ring substituents is 1. The van der Waals surface area contributed by atoms with E-state index < -0.39 is 23.5 Å². The van der Waals surface area contributed by atoms with Crippen LogP contribution in [0.5, 0.6) is 5.75 Å². The summed E-state index contributed by atoms with van der Waals surface area (Å²) >= 11 is 0. The summed E-state index contributed by atoms with van der Waals surface area (Å²) in [6, 6.07) is 20.8. The number of benzene rings is 3. The average molecular weight is 475 g/mol. The zero-order valence-electron chi connectivity index (χ0n) is 19.1.